The average molecular weight is 212 g/mol. The van der Waals surface area contributed by atoms with Gasteiger partial charge in [0.05, 0.1) is 32.1 Å². The largest absolute Gasteiger partial charge is 0.390 e. The van der Waals surface area contributed by atoms with Crippen LogP contribution in [-0.4, -0.2) is 57.8 Å². The van der Waals surface area contributed by atoms with Gasteiger partial charge in [0.25, 0.3) is 0 Å². The van der Waals surface area contributed by atoms with Crippen LogP contribution in [0.3, 0.4) is 0 Å². The highest BCUT2D eigenvalue weighted by Crippen LogP contribution is 2.05. The summed E-state index contributed by atoms with van der Waals surface area (Å²) >= 11 is 0. The predicted molar refractivity (Wildman–Crippen MR) is 53.2 cm³/mol. The molecule has 2 heterocycles. The lowest BCUT2D eigenvalue weighted by Crippen LogP contribution is -2.42. The quantitative estimate of drug-likeness (QED) is 0.703. The molecule has 1 N–H and O–H groups in total. The Morgan fingerprint density at radius 1 is 1.67 bits per heavy atom. The van der Waals surface area contributed by atoms with Crippen LogP contribution >= 0.6 is 0 Å². The van der Waals surface area contributed by atoms with Gasteiger partial charge in [-0.05, 0) is 7.05 Å². The highest BCUT2D eigenvalue weighted by atomic mass is 16.5. The van der Waals surface area contributed by atoms with Gasteiger partial charge >= 0.3 is 0 Å². The molecular formula is C9H16N4O2. The lowest BCUT2D eigenvalue weighted by atomic mass is 10.3. The van der Waals surface area contributed by atoms with Gasteiger partial charge in [-0.25, -0.2) is 4.68 Å². The first-order valence-corrected chi connectivity index (χ1v) is 5.08. The summed E-state index contributed by atoms with van der Waals surface area (Å²) in [6.07, 6.45) is 1.91. The van der Waals surface area contributed by atoms with Crippen molar-refractivity contribution in [3.63, 3.8) is 0 Å². The van der Waals surface area contributed by atoms with Crippen LogP contribution in [0.4, 0.5) is 0 Å². The van der Waals surface area contributed by atoms with Crippen molar-refractivity contribution in [2.24, 2.45) is 0 Å². The number of morpholine rings is 1. The fourth-order valence-corrected chi connectivity index (χ4v) is 1.69. The van der Waals surface area contributed by atoms with Crippen LogP contribution in [0.1, 0.15) is 5.69 Å². The normalized spacial score (nSPS) is 23.2. The number of rotatable bonds is 3. The van der Waals surface area contributed by atoms with Crippen molar-refractivity contribution in [3.8, 4) is 0 Å². The molecule has 0 radical (unpaired) electrons. The first-order chi connectivity index (χ1) is 7.28. The molecule has 0 aromatic carbocycles. The minimum Gasteiger partial charge on any atom is -0.390 e. The van der Waals surface area contributed by atoms with Gasteiger partial charge in [0.2, 0.25) is 0 Å². The van der Waals surface area contributed by atoms with E-state index in [0.717, 1.165) is 19.7 Å². The maximum atomic E-state index is 8.84. The molecule has 1 fully saturated rings. The molecule has 2 rings (SSSR count). The average Bonchev–Trinajstić information content (AvgIpc) is 2.65. The summed E-state index contributed by atoms with van der Waals surface area (Å²) in [5.74, 6) is 0. The SMILES string of the molecule is CN1CCOC(Cn2cc(CO)nn2)C1. The monoisotopic (exact) mass is 212 g/mol. The second-order valence-electron chi connectivity index (χ2n) is 3.85. The second kappa shape index (κ2) is 4.69. The van der Waals surface area contributed by atoms with E-state index in [9.17, 15) is 0 Å². The van der Waals surface area contributed by atoms with Crippen LogP contribution in [0, 0.1) is 0 Å². The summed E-state index contributed by atoms with van der Waals surface area (Å²) < 4.78 is 7.32. The standard InChI is InChI=1S/C9H16N4O2/c1-12-2-3-15-9(5-12)6-13-4-8(7-14)10-11-13/h4,9,14H,2-3,5-7H2,1H3. The first kappa shape index (κ1) is 10.5. The van der Waals surface area contributed by atoms with Gasteiger partial charge in [-0.2, -0.15) is 0 Å². The summed E-state index contributed by atoms with van der Waals surface area (Å²) in [5, 5.41) is 16.6. The Morgan fingerprint density at radius 3 is 3.20 bits per heavy atom. The number of aromatic nitrogens is 3. The molecule has 1 atom stereocenters. The van der Waals surface area contributed by atoms with E-state index in [4.69, 9.17) is 9.84 Å². The molecule has 1 aliphatic rings. The third-order valence-corrected chi connectivity index (χ3v) is 2.48. The van der Waals surface area contributed by atoms with E-state index in [1.165, 1.54) is 0 Å². The molecule has 0 aliphatic carbocycles. The highest BCUT2D eigenvalue weighted by Gasteiger charge is 2.18. The molecule has 1 aromatic rings. The van der Waals surface area contributed by atoms with Crippen LogP contribution in [0.5, 0.6) is 0 Å². The number of hydrogen-bond acceptors (Lipinski definition) is 5. The fraction of sp³-hybridized carbons (Fsp3) is 0.778. The summed E-state index contributed by atoms with van der Waals surface area (Å²) in [5.41, 5.74) is 0.596. The third kappa shape index (κ3) is 2.74. The van der Waals surface area contributed by atoms with Crippen molar-refractivity contribution >= 4 is 0 Å². The van der Waals surface area contributed by atoms with Crippen LogP contribution in [0.2, 0.25) is 0 Å². The summed E-state index contributed by atoms with van der Waals surface area (Å²) in [6, 6.07) is 0. The second-order valence-corrected chi connectivity index (χ2v) is 3.85. The Labute approximate surface area is 88.4 Å². The maximum Gasteiger partial charge on any atom is 0.108 e. The molecule has 84 valence electrons. The third-order valence-electron chi connectivity index (χ3n) is 2.48. The predicted octanol–water partition coefficient (Wildman–Crippen LogP) is -0.899. The summed E-state index contributed by atoms with van der Waals surface area (Å²) in [4.78, 5) is 2.23. The zero-order valence-corrected chi connectivity index (χ0v) is 8.83. The van der Waals surface area contributed by atoms with Crippen molar-refractivity contribution in [1.29, 1.82) is 0 Å². The van der Waals surface area contributed by atoms with E-state index >= 15 is 0 Å². The number of hydrogen-bond donors (Lipinski definition) is 1. The zero-order chi connectivity index (χ0) is 10.7. The zero-order valence-electron chi connectivity index (χ0n) is 8.83. The van der Waals surface area contributed by atoms with Gasteiger partial charge in [0, 0.05) is 13.1 Å². The van der Waals surface area contributed by atoms with Crippen molar-refractivity contribution in [3.05, 3.63) is 11.9 Å². The van der Waals surface area contributed by atoms with Gasteiger partial charge in [0.1, 0.15) is 5.69 Å². The van der Waals surface area contributed by atoms with Crippen molar-refractivity contribution in [2.45, 2.75) is 19.3 Å². The fourth-order valence-electron chi connectivity index (χ4n) is 1.69. The minimum atomic E-state index is -0.0641. The van der Waals surface area contributed by atoms with Crippen molar-refractivity contribution in [2.75, 3.05) is 26.7 Å². The number of aliphatic hydroxyl groups excluding tert-OH is 1. The Hall–Kier alpha value is -0.980. The summed E-state index contributed by atoms with van der Waals surface area (Å²) in [6.45, 7) is 3.29. The smallest absolute Gasteiger partial charge is 0.108 e. The Bertz CT molecular complexity index is 315. The number of likely N-dealkylation sites (N-methyl/N-ethyl adjacent to an activating group) is 1. The molecule has 6 heteroatoms. The number of ether oxygens (including phenoxy) is 1. The molecule has 1 aliphatic heterocycles. The first-order valence-electron chi connectivity index (χ1n) is 5.08. The van der Waals surface area contributed by atoms with E-state index in [-0.39, 0.29) is 12.7 Å². The molecule has 6 nitrogen and oxygen atoms in total. The van der Waals surface area contributed by atoms with Crippen LogP contribution in [0.15, 0.2) is 6.20 Å². The topological polar surface area (TPSA) is 63.4 Å². The Kier molecular flexibility index (Phi) is 3.30. The van der Waals surface area contributed by atoms with Gasteiger partial charge in [-0.1, -0.05) is 5.21 Å². The van der Waals surface area contributed by atoms with Gasteiger partial charge in [-0.3, -0.25) is 0 Å². The molecule has 1 unspecified atom stereocenters. The number of nitrogens with zero attached hydrogens (tertiary/aromatic N) is 4. The van der Waals surface area contributed by atoms with E-state index in [1.807, 2.05) is 0 Å². The molecule has 0 bridgehead atoms. The van der Waals surface area contributed by atoms with Gasteiger partial charge in [-0.15, -0.1) is 5.10 Å². The Balaban J connectivity index is 1.90. The molecule has 1 aromatic heterocycles. The van der Waals surface area contributed by atoms with E-state index < -0.39 is 0 Å². The minimum absolute atomic E-state index is 0.0641. The molecule has 0 spiro atoms. The van der Waals surface area contributed by atoms with E-state index in [0.29, 0.717) is 12.2 Å². The van der Waals surface area contributed by atoms with Gasteiger partial charge < -0.3 is 14.7 Å². The maximum absolute atomic E-state index is 8.84. The molecule has 0 amide bonds. The van der Waals surface area contributed by atoms with Crippen LogP contribution in [-0.2, 0) is 17.9 Å². The lowest BCUT2D eigenvalue weighted by molar-refractivity contribution is -0.0292. The lowest BCUT2D eigenvalue weighted by Gasteiger charge is -2.29. The Morgan fingerprint density at radius 2 is 2.53 bits per heavy atom. The highest BCUT2D eigenvalue weighted by molar-refractivity contribution is 4.89. The van der Waals surface area contributed by atoms with E-state index in [2.05, 4.69) is 22.3 Å². The van der Waals surface area contributed by atoms with Gasteiger partial charge in [0.15, 0.2) is 0 Å². The molecule has 1 saturated heterocycles. The molecule has 0 saturated carbocycles. The summed E-state index contributed by atoms with van der Waals surface area (Å²) in [7, 11) is 2.08. The molecule has 15 heavy (non-hydrogen) atoms. The van der Waals surface area contributed by atoms with Crippen molar-refractivity contribution in [1.82, 2.24) is 19.9 Å². The van der Waals surface area contributed by atoms with Crippen molar-refractivity contribution < 1.29 is 9.84 Å². The molecular weight excluding hydrogens is 196 g/mol. The van der Waals surface area contributed by atoms with Crippen LogP contribution in [0.25, 0.3) is 0 Å². The van der Waals surface area contributed by atoms with E-state index in [1.54, 1.807) is 10.9 Å². The number of aliphatic hydroxyl groups is 1. The van der Waals surface area contributed by atoms with Crippen LogP contribution < -0.4 is 0 Å².